The Hall–Kier alpha value is -0.770. The third-order valence-corrected chi connectivity index (χ3v) is 2.70. The number of hydrogen-bond donors (Lipinski definition) is 3. The molecule has 0 spiro atoms. The van der Waals surface area contributed by atoms with Crippen molar-refractivity contribution >= 4 is 11.6 Å². The van der Waals surface area contributed by atoms with Crippen LogP contribution in [0, 0.1) is 0 Å². The number of unbranched alkanes of at least 4 members (excludes halogenated alkanes) is 1. The number of halogens is 1. The van der Waals surface area contributed by atoms with Crippen LogP contribution >= 0.6 is 11.6 Å². The fourth-order valence-electron chi connectivity index (χ4n) is 1.39. The number of phenolic OH excluding ortho intramolecular Hbond substituents is 1. The minimum absolute atomic E-state index is 0.0385. The van der Waals surface area contributed by atoms with Crippen LogP contribution in [0.25, 0.3) is 0 Å². The highest BCUT2D eigenvalue weighted by Crippen LogP contribution is 2.26. The molecule has 1 unspecified atom stereocenters. The van der Waals surface area contributed by atoms with Gasteiger partial charge in [-0.2, -0.15) is 0 Å². The molecule has 0 aromatic heterocycles. The Balaban J connectivity index is 2.46. The van der Waals surface area contributed by atoms with Crippen LogP contribution in [-0.2, 0) is 0 Å². The summed E-state index contributed by atoms with van der Waals surface area (Å²) in [4.78, 5) is 0. The van der Waals surface area contributed by atoms with Crippen LogP contribution in [0.4, 0.5) is 0 Å². The van der Waals surface area contributed by atoms with Gasteiger partial charge < -0.3 is 15.5 Å². The van der Waals surface area contributed by atoms with Crippen LogP contribution in [0.15, 0.2) is 18.2 Å². The van der Waals surface area contributed by atoms with Gasteiger partial charge in [0.25, 0.3) is 0 Å². The molecule has 1 aromatic carbocycles. The second-order valence-corrected chi connectivity index (χ2v) is 4.19. The van der Waals surface area contributed by atoms with Crippen molar-refractivity contribution < 1.29 is 10.2 Å². The molecule has 1 atom stereocenters. The third-order valence-electron chi connectivity index (χ3n) is 2.40. The second kappa shape index (κ2) is 6.74. The average molecular weight is 244 g/mol. The van der Waals surface area contributed by atoms with Gasteiger partial charge in [-0.3, -0.25) is 0 Å². The largest absolute Gasteiger partial charge is 0.506 e. The summed E-state index contributed by atoms with van der Waals surface area (Å²) in [6.07, 6.45) is 1.65. The topological polar surface area (TPSA) is 52.5 Å². The minimum Gasteiger partial charge on any atom is -0.506 e. The van der Waals surface area contributed by atoms with Crippen LogP contribution in [0.1, 0.15) is 31.4 Å². The summed E-state index contributed by atoms with van der Waals surface area (Å²) >= 11 is 5.76. The number of benzene rings is 1. The molecule has 16 heavy (non-hydrogen) atoms. The smallest absolute Gasteiger partial charge is 0.134 e. The van der Waals surface area contributed by atoms with E-state index in [0.29, 0.717) is 12.1 Å². The van der Waals surface area contributed by atoms with Crippen LogP contribution < -0.4 is 5.32 Å². The lowest BCUT2D eigenvalue weighted by Crippen LogP contribution is -2.22. The van der Waals surface area contributed by atoms with Crippen molar-refractivity contribution in [2.75, 3.05) is 13.1 Å². The van der Waals surface area contributed by atoms with Crippen molar-refractivity contribution in [2.45, 2.75) is 25.9 Å². The Kier molecular flexibility index (Phi) is 5.60. The molecule has 3 nitrogen and oxygen atoms in total. The maximum absolute atomic E-state index is 9.83. The van der Waals surface area contributed by atoms with Crippen LogP contribution in [0.2, 0.25) is 5.02 Å². The van der Waals surface area contributed by atoms with Crippen molar-refractivity contribution in [3.05, 3.63) is 28.8 Å². The summed E-state index contributed by atoms with van der Waals surface area (Å²) < 4.78 is 0. The Bertz CT molecular complexity index is 331. The van der Waals surface area contributed by atoms with Crippen molar-refractivity contribution in [3.63, 3.8) is 0 Å². The first kappa shape index (κ1) is 13.3. The zero-order chi connectivity index (χ0) is 12.0. The number of rotatable bonds is 6. The van der Waals surface area contributed by atoms with E-state index in [0.717, 1.165) is 19.4 Å². The molecule has 0 aliphatic rings. The van der Waals surface area contributed by atoms with E-state index in [4.69, 9.17) is 11.6 Å². The molecular formula is C12H18ClNO2. The number of aliphatic hydroxyl groups excluding tert-OH is 1. The molecule has 0 radical (unpaired) electrons. The van der Waals surface area contributed by atoms with Gasteiger partial charge in [-0.05, 0) is 30.7 Å². The molecule has 0 saturated carbocycles. The fourth-order valence-corrected chi connectivity index (χ4v) is 1.58. The van der Waals surface area contributed by atoms with Gasteiger partial charge >= 0.3 is 0 Å². The Morgan fingerprint density at radius 1 is 1.44 bits per heavy atom. The van der Waals surface area contributed by atoms with Crippen molar-refractivity contribution in [1.82, 2.24) is 5.32 Å². The van der Waals surface area contributed by atoms with Crippen molar-refractivity contribution in [1.29, 1.82) is 0 Å². The number of phenols is 1. The molecule has 0 saturated heterocycles. The van der Waals surface area contributed by atoms with Gasteiger partial charge in [-0.25, -0.2) is 0 Å². The molecule has 3 N–H and O–H groups in total. The Morgan fingerprint density at radius 3 is 2.81 bits per heavy atom. The van der Waals surface area contributed by atoms with Gasteiger partial charge in [0.1, 0.15) is 5.75 Å². The molecule has 1 aromatic rings. The number of nitrogens with one attached hydrogen (secondary N) is 1. The summed E-state index contributed by atoms with van der Waals surface area (Å²) in [5.74, 6) is 0.0385. The van der Waals surface area contributed by atoms with Crippen LogP contribution in [-0.4, -0.2) is 23.3 Å². The summed E-state index contributed by atoms with van der Waals surface area (Å²) in [5, 5.41) is 22.5. The molecule has 4 heteroatoms. The predicted molar refractivity (Wildman–Crippen MR) is 65.9 cm³/mol. The number of aromatic hydroxyl groups is 1. The average Bonchev–Trinajstić information content (AvgIpc) is 2.28. The molecular weight excluding hydrogens is 226 g/mol. The first-order chi connectivity index (χ1) is 7.65. The normalized spacial score (nSPS) is 12.7. The van der Waals surface area contributed by atoms with Crippen LogP contribution in [0.5, 0.6) is 5.75 Å². The SMILES string of the molecule is CCCCNCC(O)c1ccc(O)c(Cl)c1. The van der Waals surface area contributed by atoms with E-state index >= 15 is 0 Å². The van der Waals surface area contributed by atoms with E-state index in [1.165, 1.54) is 6.07 Å². The Morgan fingerprint density at radius 2 is 2.19 bits per heavy atom. The molecule has 0 fully saturated rings. The van der Waals surface area contributed by atoms with Gasteiger partial charge in [0.2, 0.25) is 0 Å². The lowest BCUT2D eigenvalue weighted by atomic mass is 10.1. The molecule has 0 heterocycles. The first-order valence-electron chi connectivity index (χ1n) is 5.52. The van der Waals surface area contributed by atoms with Gasteiger partial charge in [0, 0.05) is 6.54 Å². The van der Waals surface area contributed by atoms with Gasteiger partial charge in [0.05, 0.1) is 11.1 Å². The number of aliphatic hydroxyl groups is 1. The lowest BCUT2D eigenvalue weighted by molar-refractivity contribution is 0.174. The third kappa shape index (κ3) is 4.00. The monoisotopic (exact) mass is 243 g/mol. The fraction of sp³-hybridized carbons (Fsp3) is 0.500. The van der Waals surface area contributed by atoms with E-state index < -0.39 is 6.10 Å². The van der Waals surface area contributed by atoms with E-state index in [1.54, 1.807) is 12.1 Å². The van der Waals surface area contributed by atoms with Crippen LogP contribution in [0.3, 0.4) is 0 Å². The van der Waals surface area contributed by atoms with Gasteiger partial charge in [0.15, 0.2) is 0 Å². The van der Waals surface area contributed by atoms with Gasteiger partial charge in [-0.1, -0.05) is 31.0 Å². The quantitative estimate of drug-likeness (QED) is 0.673. The standard InChI is InChI=1S/C12H18ClNO2/c1-2-3-6-14-8-12(16)9-4-5-11(15)10(13)7-9/h4-5,7,12,14-16H,2-3,6,8H2,1H3. The van der Waals surface area contributed by atoms with Crippen molar-refractivity contribution in [2.24, 2.45) is 0 Å². The molecule has 0 bridgehead atoms. The maximum atomic E-state index is 9.83. The first-order valence-corrected chi connectivity index (χ1v) is 5.90. The zero-order valence-electron chi connectivity index (χ0n) is 9.41. The second-order valence-electron chi connectivity index (χ2n) is 3.78. The molecule has 1 rings (SSSR count). The highest BCUT2D eigenvalue weighted by Gasteiger charge is 2.08. The minimum atomic E-state index is -0.588. The van der Waals surface area contributed by atoms with E-state index in [1.807, 2.05) is 0 Å². The molecule has 90 valence electrons. The highest BCUT2D eigenvalue weighted by atomic mass is 35.5. The van der Waals surface area contributed by atoms with E-state index in [-0.39, 0.29) is 10.8 Å². The number of hydrogen-bond acceptors (Lipinski definition) is 3. The summed E-state index contributed by atoms with van der Waals surface area (Å²) in [6, 6.07) is 4.75. The van der Waals surface area contributed by atoms with Crippen molar-refractivity contribution in [3.8, 4) is 5.75 Å². The maximum Gasteiger partial charge on any atom is 0.134 e. The predicted octanol–water partition coefficient (Wildman–Crippen LogP) is 2.47. The zero-order valence-corrected chi connectivity index (χ0v) is 10.2. The van der Waals surface area contributed by atoms with E-state index in [2.05, 4.69) is 12.2 Å². The summed E-state index contributed by atoms with van der Waals surface area (Å²) in [6.45, 7) is 3.53. The summed E-state index contributed by atoms with van der Waals surface area (Å²) in [5.41, 5.74) is 0.715. The van der Waals surface area contributed by atoms with Gasteiger partial charge in [-0.15, -0.1) is 0 Å². The molecule has 0 amide bonds. The lowest BCUT2D eigenvalue weighted by Gasteiger charge is -2.12. The summed E-state index contributed by atoms with van der Waals surface area (Å²) in [7, 11) is 0. The highest BCUT2D eigenvalue weighted by molar-refractivity contribution is 6.32. The van der Waals surface area contributed by atoms with E-state index in [9.17, 15) is 10.2 Å². The molecule has 0 aliphatic carbocycles. The molecule has 0 aliphatic heterocycles. The Labute approximate surface area is 101 Å².